The van der Waals surface area contributed by atoms with Gasteiger partial charge in [0.05, 0.1) is 5.69 Å². The van der Waals surface area contributed by atoms with E-state index in [9.17, 15) is 0 Å². The van der Waals surface area contributed by atoms with Crippen LogP contribution in [0.4, 0.5) is 0 Å². The first kappa shape index (κ1) is 14.0. The van der Waals surface area contributed by atoms with Gasteiger partial charge in [0.25, 0.3) is 0 Å². The predicted octanol–water partition coefficient (Wildman–Crippen LogP) is 4.94. The largest absolute Gasteiger partial charge is 0.367 e. The van der Waals surface area contributed by atoms with Crippen molar-refractivity contribution >= 4 is 11.3 Å². The number of aromatic nitrogens is 1. The molecule has 0 aliphatic heterocycles. The molecule has 1 heterocycles. The molecular formula is C18H17NOS. The summed E-state index contributed by atoms with van der Waals surface area (Å²) >= 11 is 1.65. The zero-order valence-electron chi connectivity index (χ0n) is 11.9. The summed E-state index contributed by atoms with van der Waals surface area (Å²) in [7, 11) is 0. The maximum atomic E-state index is 5.91. The number of ether oxygens (including phenoxy) is 1. The van der Waals surface area contributed by atoms with Gasteiger partial charge < -0.3 is 4.74 Å². The van der Waals surface area contributed by atoms with Crippen LogP contribution in [0.3, 0.4) is 0 Å². The summed E-state index contributed by atoms with van der Waals surface area (Å²) in [5.74, 6) is 0. The monoisotopic (exact) mass is 295 g/mol. The first-order valence-electron chi connectivity index (χ1n) is 7.06. The Labute approximate surface area is 129 Å². The Hall–Kier alpha value is -1.97. The highest BCUT2D eigenvalue weighted by Gasteiger charge is 2.18. The molecule has 0 N–H and O–H groups in total. The molecule has 1 aromatic heterocycles. The van der Waals surface area contributed by atoms with E-state index in [0.29, 0.717) is 6.61 Å². The average Bonchev–Trinajstić information content (AvgIpc) is 3.04. The van der Waals surface area contributed by atoms with Crippen LogP contribution >= 0.6 is 11.3 Å². The number of hydrogen-bond acceptors (Lipinski definition) is 3. The molecule has 0 aliphatic carbocycles. The van der Waals surface area contributed by atoms with Crippen molar-refractivity contribution in [3.05, 3.63) is 76.6 Å². The lowest BCUT2D eigenvalue weighted by molar-refractivity contribution is 0.0912. The Morgan fingerprint density at radius 3 is 2.33 bits per heavy atom. The fraction of sp³-hybridized carbons (Fsp3) is 0.167. The molecule has 0 aliphatic rings. The van der Waals surface area contributed by atoms with Crippen LogP contribution in [0.25, 0.3) is 11.3 Å². The topological polar surface area (TPSA) is 22.1 Å². The summed E-state index contributed by atoms with van der Waals surface area (Å²) in [6.07, 6.45) is -0.0846. The molecule has 3 rings (SSSR count). The summed E-state index contributed by atoms with van der Waals surface area (Å²) < 4.78 is 5.91. The fourth-order valence-electron chi connectivity index (χ4n) is 2.25. The van der Waals surface area contributed by atoms with Gasteiger partial charge >= 0.3 is 0 Å². The Morgan fingerprint density at radius 2 is 1.67 bits per heavy atom. The molecule has 106 valence electrons. The van der Waals surface area contributed by atoms with Crippen molar-refractivity contribution in [1.29, 1.82) is 0 Å². The minimum Gasteiger partial charge on any atom is -0.367 e. The second kappa shape index (κ2) is 6.66. The molecule has 2 aromatic carbocycles. The van der Waals surface area contributed by atoms with Gasteiger partial charge in [-0.15, -0.1) is 11.3 Å². The van der Waals surface area contributed by atoms with E-state index in [1.807, 2.05) is 43.3 Å². The Kier molecular flexibility index (Phi) is 4.43. The van der Waals surface area contributed by atoms with Crippen LogP contribution in [0.2, 0.25) is 0 Å². The van der Waals surface area contributed by atoms with E-state index in [1.54, 1.807) is 11.3 Å². The molecule has 2 nitrogen and oxygen atoms in total. The minimum absolute atomic E-state index is 0.0846. The summed E-state index contributed by atoms with van der Waals surface area (Å²) in [4.78, 5) is 4.77. The van der Waals surface area contributed by atoms with Gasteiger partial charge in [-0.25, -0.2) is 4.98 Å². The third kappa shape index (κ3) is 3.20. The third-order valence-electron chi connectivity index (χ3n) is 3.25. The van der Waals surface area contributed by atoms with Crippen LogP contribution in [0.1, 0.15) is 23.6 Å². The van der Waals surface area contributed by atoms with Gasteiger partial charge in [-0.05, 0) is 12.5 Å². The number of rotatable bonds is 5. The minimum atomic E-state index is -0.0846. The van der Waals surface area contributed by atoms with Crippen LogP contribution in [-0.4, -0.2) is 11.6 Å². The lowest BCUT2D eigenvalue weighted by Crippen LogP contribution is -2.05. The molecule has 0 bridgehead atoms. The predicted molar refractivity (Wildman–Crippen MR) is 87.5 cm³/mol. The van der Waals surface area contributed by atoms with E-state index in [-0.39, 0.29) is 6.10 Å². The van der Waals surface area contributed by atoms with Crippen LogP contribution in [0.15, 0.2) is 66.0 Å². The van der Waals surface area contributed by atoms with Gasteiger partial charge in [-0.2, -0.15) is 0 Å². The molecule has 1 unspecified atom stereocenters. The van der Waals surface area contributed by atoms with Crippen LogP contribution in [0.5, 0.6) is 0 Å². The molecular weight excluding hydrogens is 278 g/mol. The second-order valence-corrected chi connectivity index (χ2v) is 5.57. The Balaban J connectivity index is 1.93. The van der Waals surface area contributed by atoms with E-state index in [2.05, 4.69) is 29.6 Å². The highest BCUT2D eigenvalue weighted by molar-refractivity contribution is 7.10. The number of benzene rings is 2. The fourth-order valence-corrected chi connectivity index (χ4v) is 3.15. The third-order valence-corrected chi connectivity index (χ3v) is 4.14. The van der Waals surface area contributed by atoms with Crippen molar-refractivity contribution in [2.75, 3.05) is 6.61 Å². The second-order valence-electron chi connectivity index (χ2n) is 4.68. The average molecular weight is 295 g/mol. The highest BCUT2D eigenvalue weighted by atomic mass is 32.1. The van der Waals surface area contributed by atoms with Crippen LogP contribution in [-0.2, 0) is 4.74 Å². The lowest BCUT2D eigenvalue weighted by Gasteiger charge is -2.14. The summed E-state index contributed by atoms with van der Waals surface area (Å²) in [6.45, 7) is 2.68. The molecule has 3 aromatic rings. The molecule has 0 fully saturated rings. The van der Waals surface area contributed by atoms with E-state index in [1.165, 1.54) is 0 Å². The van der Waals surface area contributed by atoms with E-state index in [4.69, 9.17) is 9.72 Å². The summed E-state index contributed by atoms with van der Waals surface area (Å²) in [6, 6.07) is 20.5. The van der Waals surface area contributed by atoms with E-state index < -0.39 is 0 Å². The van der Waals surface area contributed by atoms with Crippen LogP contribution < -0.4 is 0 Å². The number of thiazole rings is 1. The zero-order valence-corrected chi connectivity index (χ0v) is 12.7. The maximum absolute atomic E-state index is 5.91. The van der Waals surface area contributed by atoms with Gasteiger partial charge in [0.2, 0.25) is 0 Å². The first-order chi connectivity index (χ1) is 10.4. The standard InChI is InChI=1S/C18H17NOS/c1-2-20-17(15-11-7-4-8-12-15)18-19-16(13-21-18)14-9-5-3-6-10-14/h3-13,17H,2H2,1H3. The normalized spacial score (nSPS) is 12.2. The van der Waals surface area contributed by atoms with Gasteiger partial charge in [-0.3, -0.25) is 0 Å². The van der Waals surface area contributed by atoms with Gasteiger partial charge in [0.15, 0.2) is 0 Å². The molecule has 0 saturated heterocycles. The quantitative estimate of drug-likeness (QED) is 0.665. The number of nitrogens with zero attached hydrogens (tertiary/aromatic N) is 1. The molecule has 0 spiro atoms. The molecule has 21 heavy (non-hydrogen) atoms. The molecule has 0 radical (unpaired) electrons. The van der Waals surface area contributed by atoms with Gasteiger partial charge in [0.1, 0.15) is 11.1 Å². The smallest absolute Gasteiger partial charge is 0.134 e. The van der Waals surface area contributed by atoms with Crippen molar-refractivity contribution < 1.29 is 4.74 Å². The SMILES string of the molecule is CCOC(c1ccccc1)c1nc(-c2ccccc2)cs1. The van der Waals surface area contributed by atoms with Crippen molar-refractivity contribution in [3.63, 3.8) is 0 Å². The van der Waals surface area contributed by atoms with Crippen molar-refractivity contribution in [2.45, 2.75) is 13.0 Å². The Morgan fingerprint density at radius 1 is 1.00 bits per heavy atom. The molecule has 3 heteroatoms. The van der Waals surface area contributed by atoms with Crippen LogP contribution in [0, 0.1) is 0 Å². The maximum Gasteiger partial charge on any atom is 0.134 e. The van der Waals surface area contributed by atoms with E-state index >= 15 is 0 Å². The lowest BCUT2D eigenvalue weighted by atomic mass is 10.1. The van der Waals surface area contributed by atoms with Gasteiger partial charge in [0, 0.05) is 17.6 Å². The van der Waals surface area contributed by atoms with E-state index in [0.717, 1.165) is 21.8 Å². The molecule has 0 saturated carbocycles. The number of hydrogen-bond donors (Lipinski definition) is 0. The first-order valence-corrected chi connectivity index (χ1v) is 7.94. The highest BCUT2D eigenvalue weighted by Crippen LogP contribution is 2.31. The Bertz CT molecular complexity index is 679. The van der Waals surface area contributed by atoms with Gasteiger partial charge in [-0.1, -0.05) is 60.7 Å². The summed E-state index contributed by atoms with van der Waals surface area (Å²) in [5.41, 5.74) is 3.30. The van der Waals surface area contributed by atoms with Crippen molar-refractivity contribution in [1.82, 2.24) is 4.98 Å². The van der Waals surface area contributed by atoms with Crippen molar-refractivity contribution in [2.24, 2.45) is 0 Å². The summed E-state index contributed by atoms with van der Waals surface area (Å²) in [5, 5.41) is 3.10. The zero-order chi connectivity index (χ0) is 14.5. The molecule has 0 amide bonds. The van der Waals surface area contributed by atoms with Crippen molar-refractivity contribution in [3.8, 4) is 11.3 Å². The molecule has 1 atom stereocenters.